The maximum absolute atomic E-state index is 12.4. The molecule has 0 fully saturated rings. The van der Waals surface area contributed by atoms with Crippen LogP contribution in [-0.2, 0) is 0 Å². The Morgan fingerprint density at radius 3 is 2.64 bits per heavy atom. The van der Waals surface area contributed by atoms with Crippen LogP contribution in [-0.4, -0.2) is 15.2 Å². The minimum Gasteiger partial charge on any atom is -0.492 e. The molecule has 1 rings (SSSR count). The highest BCUT2D eigenvalue weighted by Crippen LogP contribution is 2.20. The standard InChI is InChI=1S/C6H3FN2O2/c7-4-1-3(2-8)5(10)9-6(4)11/h1H,(H2,9,10,11). The molecule has 0 atom stereocenters. The lowest BCUT2D eigenvalue weighted by molar-refractivity contribution is 0.384. The van der Waals surface area contributed by atoms with Gasteiger partial charge in [0.1, 0.15) is 11.6 Å². The monoisotopic (exact) mass is 154 g/mol. The third-order valence-corrected chi connectivity index (χ3v) is 1.06. The summed E-state index contributed by atoms with van der Waals surface area (Å²) in [5.41, 5.74) is -0.305. The Hall–Kier alpha value is -1.83. The minimum atomic E-state index is -1.03. The number of pyridine rings is 1. The summed E-state index contributed by atoms with van der Waals surface area (Å²) in [6.45, 7) is 0. The molecule has 0 amide bonds. The number of aromatic nitrogens is 1. The van der Waals surface area contributed by atoms with E-state index in [2.05, 4.69) is 4.98 Å². The Morgan fingerprint density at radius 1 is 1.45 bits per heavy atom. The van der Waals surface area contributed by atoms with Crippen LogP contribution in [0.15, 0.2) is 6.07 Å². The van der Waals surface area contributed by atoms with Crippen LogP contribution in [0.25, 0.3) is 0 Å². The van der Waals surface area contributed by atoms with Crippen molar-refractivity contribution >= 4 is 0 Å². The van der Waals surface area contributed by atoms with E-state index in [1.807, 2.05) is 0 Å². The molecule has 0 aromatic carbocycles. The van der Waals surface area contributed by atoms with Crippen molar-refractivity contribution in [3.05, 3.63) is 17.4 Å². The molecule has 0 radical (unpaired) electrons. The summed E-state index contributed by atoms with van der Waals surface area (Å²) in [5.74, 6) is -2.62. The summed E-state index contributed by atoms with van der Waals surface area (Å²) in [5, 5.41) is 25.6. The predicted molar refractivity (Wildman–Crippen MR) is 32.2 cm³/mol. The van der Waals surface area contributed by atoms with Gasteiger partial charge in [-0.25, -0.2) is 4.39 Å². The number of nitrogens with zero attached hydrogens (tertiary/aromatic N) is 2. The normalized spacial score (nSPS) is 9.09. The maximum Gasteiger partial charge on any atom is 0.251 e. The zero-order chi connectivity index (χ0) is 8.43. The van der Waals surface area contributed by atoms with Crippen molar-refractivity contribution in [1.29, 1.82) is 5.26 Å². The van der Waals surface area contributed by atoms with Gasteiger partial charge in [-0.3, -0.25) is 0 Å². The van der Waals surface area contributed by atoms with Gasteiger partial charge in [0.2, 0.25) is 5.88 Å². The van der Waals surface area contributed by atoms with E-state index in [1.54, 1.807) is 0 Å². The second-order valence-corrected chi connectivity index (χ2v) is 1.78. The molecule has 1 aromatic rings. The lowest BCUT2D eigenvalue weighted by Crippen LogP contribution is -1.86. The average molecular weight is 154 g/mol. The Kier molecular flexibility index (Phi) is 1.60. The average Bonchev–Trinajstić information content (AvgIpc) is 1.97. The number of aromatic hydroxyl groups is 2. The molecular weight excluding hydrogens is 151 g/mol. The van der Waals surface area contributed by atoms with Gasteiger partial charge in [-0.2, -0.15) is 10.2 Å². The van der Waals surface area contributed by atoms with Crippen LogP contribution in [0.1, 0.15) is 5.56 Å². The number of hydrogen-bond donors (Lipinski definition) is 2. The van der Waals surface area contributed by atoms with E-state index in [9.17, 15) is 4.39 Å². The fraction of sp³-hybridized carbons (Fsp3) is 0. The summed E-state index contributed by atoms with van der Waals surface area (Å²) in [6, 6.07) is 2.21. The van der Waals surface area contributed by atoms with Crippen LogP contribution in [0.2, 0.25) is 0 Å². The first kappa shape index (κ1) is 7.28. The summed E-state index contributed by atoms with van der Waals surface area (Å²) in [6.07, 6.45) is 0. The molecule has 0 bridgehead atoms. The van der Waals surface area contributed by atoms with Gasteiger partial charge >= 0.3 is 0 Å². The third-order valence-electron chi connectivity index (χ3n) is 1.06. The molecule has 5 heteroatoms. The molecule has 4 nitrogen and oxygen atoms in total. The first-order chi connectivity index (χ1) is 5.15. The quantitative estimate of drug-likeness (QED) is 0.570. The van der Waals surface area contributed by atoms with E-state index >= 15 is 0 Å². The Balaban J connectivity index is 3.35. The molecule has 2 N–H and O–H groups in total. The summed E-state index contributed by atoms with van der Waals surface area (Å²) < 4.78 is 12.4. The zero-order valence-electron chi connectivity index (χ0n) is 5.24. The number of halogens is 1. The van der Waals surface area contributed by atoms with Gasteiger partial charge in [-0.1, -0.05) is 0 Å². The van der Waals surface area contributed by atoms with E-state index in [4.69, 9.17) is 15.5 Å². The van der Waals surface area contributed by atoms with Crippen LogP contribution in [0.3, 0.4) is 0 Å². The zero-order valence-corrected chi connectivity index (χ0v) is 5.24. The topological polar surface area (TPSA) is 77.1 Å². The third kappa shape index (κ3) is 1.19. The molecule has 1 heterocycles. The van der Waals surface area contributed by atoms with Crippen LogP contribution in [0, 0.1) is 17.1 Å². The largest absolute Gasteiger partial charge is 0.492 e. The highest BCUT2D eigenvalue weighted by Gasteiger charge is 2.08. The highest BCUT2D eigenvalue weighted by molar-refractivity contribution is 5.39. The van der Waals surface area contributed by atoms with Gasteiger partial charge < -0.3 is 10.2 Å². The van der Waals surface area contributed by atoms with Crippen molar-refractivity contribution in [2.75, 3.05) is 0 Å². The van der Waals surface area contributed by atoms with Gasteiger partial charge in [-0.05, 0) is 0 Å². The van der Waals surface area contributed by atoms with Crippen LogP contribution < -0.4 is 0 Å². The van der Waals surface area contributed by atoms with Crippen molar-refractivity contribution < 1.29 is 14.6 Å². The summed E-state index contributed by atoms with van der Waals surface area (Å²) >= 11 is 0. The second-order valence-electron chi connectivity index (χ2n) is 1.78. The fourth-order valence-corrected chi connectivity index (χ4v) is 0.552. The Labute approximate surface area is 61.2 Å². The second kappa shape index (κ2) is 2.42. The molecule has 0 aliphatic rings. The van der Waals surface area contributed by atoms with Crippen molar-refractivity contribution in [1.82, 2.24) is 4.98 Å². The van der Waals surface area contributed by atoms with Gasteiger partial charge in [0, 0.05) is 6.07 Å². The van der Waals surface area contributed by atoms with Crippen LogP contribution in [0.4, 0.5) is 4.39 Å². The summed E-state index contributed by atoms with van der Waals surface area (Å²) in [4.78, 5) is 2.96. The lowest BCUT2D eigenvalue weighted by atomic mass is 10.3. The predicted octanol–water partition coefficient (Wildman–Crippen LogP) is 0.504. The van der Waals surface area contributed by atoms with Crippen LogP contribution >= 0.6 is 0 Å². The molecule has 0 spiro atoms. The fourth-order valence-electron chi connectivity index (χ4n) is 0.552. The lowest BCUT2D eigenvalue weighted by Gasteiger charge is -1.95. The smallest absolute Gasteiger partial charge is 0.251 e. The molecule has 0 unspecified atom stereocenters. The molecule has 0 saturated heterocycles. The van der Waals surface area contributed by atoms with Crippen LogP contribution in [0.5, 0.6) is 11.8 Å². The molecule has 0 aliphatic heterocycles. The van der Waals surface area contributed by atoms with E-state index in [0.29, 0.717) is 6.07 Å². The Bertz CT molecular complexity index is 332. The van der Waals surface area contributed by atoms with Gasteiger partial charge in [-0.15, -0.1) is 0 Å². The molecule has 1 aromatic heterocycles. The van der Waals surface area contributed by atoms with Crippen molar-refractivity contribution in [2.45, 2.75) is 0 Å². The number of rotatable bonds is 0. The maximum atomic E-state index is 12.4. The summed E-state index contributed by atoms with van der Waals surface area (Å²) in [7, 11) is 0. The highest BCUT2D eigenvalue weighted by atomic mass is 19.1. The van der Waals surface area contributed by atoms with Crippen molar-refractivity contribution in [3.8, 4) is 17.8 Å². The van der Waals surface area contributed by atoms with E-state index in [0.717, 1.165) is 0 Å². The Morgan fingerprint density at radius 2 is 2.09 bits per heavy atom. The molecule has 0 saturated carbocycles. The van der Waals surface area contributed by atoms with E-state index < -0.39 is 17.6 Å². The van der Waals surface area contributed by atoms with E-state index in [1.165, 1.54) is 6.07 Å². The molecule has 11 heavy (non-hydrogen) atoms. The molecule has 0 aliphatic carbocycles. The van der Waals surface area contributed by atoms with Gasteiger partial charge in [0.05, 0.1) is 0 Å². The number of nitriles is 1. The first-order valence-electron chi connectivity index (χ1n) is 2.63. The van der Waals surface area contributed by atoms with E-state index in [-0.39, 0.29) is 5.56 Å². The number of hydrogen-bond acceptors (Lipinski definition) is 4. The minimum absolute atomic E-state index is 0.305. The SMILES string of the molecule is N#Cc1cc(F)c(O)nc1O. The molecular formula is C6H3FN2O2. The first-order valence-corrected chi connectivity index (χ1v) is 2.63. The van der Waals surface area contributed by atoms with Gasteiger partial charge in [0.15, 0.2) is 5.82 Å². The van der Waals surface area contributed by atoms with Gasteiger partial charge in [0.25, 0.3) is 5.88 Å². The van der Waals surface area contributed by atoms with Crippen molar-refractivity contribution in [2.24, 2.45) is 0 Å². The molecule has 56 valence electrons. The van der Waals surface area contributed by atoms with Crippen molar-refractivity contribution in [3.63, 3.8) is 0 Å².